The highest BCUT2D eigenvalue weighted by Gasteiger charge is 2.05. The Morgan fingerprint density at radius 1 is 1.10 bits per heavy atom. The molecule has 0 heterocycles. The van der Waals surface area contributed by atoms with Gasteiger partial charge in [-0.3, -0.25) is 4.79 Å². The molecule has 0 saturated carbocycles. The van der Waals surface area contributed by atoms with Crippen LogP contribution in [0.4, 0.5) is 15.8 Å². The van der Waals surface area contributed by atoms with Crippen molar-refractivity contribution in [3.63, 3.8) is 0 Å². The van der Waals surface area contributed by atoms with Gasteiger partial charge in [-0.25, -0.2) is 4.39 Å². The minimum absolute atomic E-state index is 0.0941. The molecule has 2 N–H and O–H groups in total. The molecule has 0 aromatic heterocycles. The Hall–Kier alpha value is -2.36. The third-order valence-corrected chi connectivity index (χ3v) is 3.04. The van der Waals surface area contributed by atoms with Crippen LogP contribution < -0.4 is 10.6 Å². The van der Waals surface area contributed by atoms with Crippen LogP contribution in [0.3, 0.4) is 0 Å². The third-order valence-electron chi connectivity index (χ3n) is 3.04. The van der Waals surface area contributed by atoms with Gasteiger partial charge in [0.05, 0.1) is 6.54 Å². The van der Waals surface area contributed by atoms with Crippen molar-refractivity contribution in [3.8, 4) is 0 Å². The highest BCUT2D eigenvalue weighted by atomic mass is 19.1. The number of amides is 1. The first-order chi connectivity index (χ1) is 9.56. The van der Waals surface area contributed by atoms with Crippen molar-refractivity contribution in [2.24, 2.45) is 0 Å². The molecule has 3 nitrogen and oxygen atoms in total. The molecule has 0 radical (unpaired) electrons. The fraction of sp³-hybridized carbons (Fsp3) is 0.188. The van der Waals surface area contributed by atoms with Crippen LogP contribution in [0, 0.1) is 19.7 Å². The average Bonchev–Trinajstić information content (AvgIpc) is 2.43. The topological polar surface area (TPSA) is 41.1 Å². The van der Waals surface area contributed by atoms with E-state index in [9.17, 15) is 9.18 Å². The number of halogens is 1. The molecule has 0 aliphatic rings. The molecule has 2 aromatic carbocycles. The number of carbonyl (C=O) groups excluding carboxylic acids is 1. The molecule has 2 aromatic rings. The SMILES string of the molecule is Cc1ccc(NCC(=O)Nc2ccccc2C)cc1F. The molecule has 0 aliphatic heterocycles. The van der Waals surface area contributed by atoms with Gasteiger partial charge in [-0.1, -0.05) is 24.3 Å². The quantitative estimate of drug-likeness (QED) is 0.894. The van der Waals surface area contributed by atoms with Gasteiger partial charge in [0.25, 0.3) is 0 Å². The van der Waals surface area contributed by atoms with E-state index in [1.54, 1.807) is 19.1 Å². The summed E-state index contributed by atoms with van der Waals surface area (Å²) >= 11 is 0. The van der Waals surface area contributed by atoms with Crippen LogP contribution in [-0.4, -0.2) is 12.5 Å². The second-order valence-corrected chi connectivity index (χ2v) is 4.68. The summed E-state index contributed by atoms with van der Waals surface area (Å²) in [4.78, 5) is 11.8. The average molecular weight is 272 g/mol. The Balaban J connectivity index is 1.92. The van der Waals surface area contributed by atoms with E-state index in [-0.39, 0.29) is 18.3 Å². The van der Waals surface area contributed by atoms with Crippen LogP contribution >= 0.6 is 0 Å². The van der Waals surface area contributed by atoms with E-state index >= 15 is 0 Å². The van der Waals surface area contributed by atoms with Crippen LogP contribution in [0.15, 0.2) is 42.5 Å². The summed E-state index contributed by atoms with van der Waals surface area (Å²) in [7, 11) is 0. The van der Waals surface area contributed by atoms with E-state index in [1.807, 2.05) is 31.2 Å². The molecule has 0 atom stereocenters. The zero-order chi connectivity index (χ0) is 14.5. The number of nitrogens with one attached hydrogen (secondary N) is 2. The Morgan fingerprint density at radius 3 is 2.55 bits per heavy atom. The van der Waals surface area contributed by atoms with Crippen LogP contribution in [0.5, 0.6) is 0 Å². The van der Waals surface area contributed by atoms with Gasteiger partial charge in [0.2, 0.25) is 5.91 Å². The molecule has 0 bridgehead atoms. The zero-order valence-electron chi connectivity index (χ0n) is 11.5. The Labute approximate surface area is 117 Å². The first kappa shape index (κ1) is 14.1. The smallest absolute Gasteiger partial charge is 0.243 e. The van der Waals surface area contributed by atoms with Gasteiger partial charge in [0.15, 0.2) is 0 Å². The zero-order valence-corrected chi connectivity index (χ0v) is 11.5. The molecule has 2 rings (SSSR count). The minimum atomic E-state index is -0.283. The number of para-hydroxylation sites is 1. The summed E-state index contributed by atoms with van der Waals surface area (Å²) in [5.41, 5.74) is 2.96. The van der Waals surface area contributed by atoms with Crippen molar-refractivity contribution < 1.29 is 9.18 Å². The maximum Gasteiger partial charge on any atom is 0.243 e. The van der Waals surface area contributed by atoms with Gasteiger partial charge in [-0.2, -0.15) is 0 Å². The molecule has 0 unspecified atom stereocenters. The molecule has 1 amide bonds. The molecule has 0 aliphatic carbocycles. The lowest BCUT2D eigenvalue weighted by Crippen LogP contribution is -2.22. The number of aryl methyl sites for hydroxylation is 2. The van der Waals surface area contributed by atoms with E-state index in [4.69, 9.17) is 0 Å². The number of anilines is 2. The summed E-state index contributed by atoms with van der Waals surface area (Å²) in [5, 5.41) is 5.71. The minimum Gasteiger partial charge on any atom is -0.376 e. The highest BCUT2D eigenvalue weighted by molar-refractivity contribution is 5.94. The van der Waals surface area contributed by atoms with Crippen molar-refractivity contribution >= 4 is 17.3 Å². The predicted molar refractivity (Wildman–Crippen MR) is 79.4 cm³/mol. The van der Waals surface area contributed by atoms with Gasteiger partial charge >= 0.3 is 0 Å². The fourth-order valence-corrected chi connectivity index (χ4v) is 1.79. The molecule has 4 heteroatoms. The van der Waals surface area contributed by atoms with Gasteiger partial charge in [0.1, 0.15) is 5.82 Å². The standard InChI is InChI=1S/C16H17FN2O/c1-11-7-8-13(9-14(11)17)18-10-16(20)19-15-6-4-3-5-12(15)2/h3-9,18H,10H2,1-2H3,(H,19,20). The Kier molecular flexibility index (Phi) is 4.35. The van der Waals surface area contributed by atoms with E-state index in [2.05, 4.69) is 10.6 Å². The normalized spacial score (nSPS) is 10.2. The number of carbonyl (C=O) groups is 1. The maximum absolute atomic E-state index is 13.4. The molecule has 0 saturated heterocycles. The monoisotopic (exact) mass is 272 g/mol. The summed E-state index contributed by atoms with van der Waals surface area (Å²) in [5.74, 6) is -0.449. The molecule has 104 valence electrons. The van der Waals surface area contributed by atoms with Crippen molar-refractivity contribution in [1.29, 1.82) is 0 Å². The lowest BCUT2D eigenvalue weighted by Gasteiger charge is -2.10. The van der Waals surface area contributed by atoms with Gasteiger partial charge < -0.3 is 10.6 Å². The van der Waals surface area contributed by atoms with Crippen LogP contribution in [0.1, 0.15) is 11.1 Å². The summed E-state index contributed by atoms with van der Waals surface area (Å²) < 4.78 is 13.4. The summed E-state index contributed by atoms with van der Waals surface area (Å²) in [6.07, 6.45) is 0. The summed E-state index contributed by atoms with van der Waals surface area (Å²) in [6.45, 7) is 3.72. The first-order valence-corrected chi connectivity index (χ1v) is 6.42. The van der Waals surface area contributed by atoms with E-state index < -0.39 is 0 Å². The second-order valence-electron chi connectivity index (χ2n) is 4.68. The second kappa shape index (κ2) is 6.19. The lowest BCUT2D eigenvalue weighted by atomic mass is 10.2. The first-order valence-electron chi connectivity index (χ1n) is 6.42. The van der Waals surface area contributed by atoms with E-state index in [0.717, 1.165) is 11.3 Å². The van der Waals surface area contributed by atoms with Crippen LogP contribution in [0.2, 0.25) is 0 Å². The van der Waals surface area contributed by atoms with E-state index in [0.29, 0.717) is 11.3 Å². The predicted octanol–water partition coefficient (Wildman–Crippen LogP) is 3.49. The fourth-order valence-electron chi connectivity index (χ4n) is 1.79. The maximum atomic E-state index is 13.4. The van der Waals surface area contributed by atoms with Gasteiger partial charge in [-0.05, 0) is 43.2 Å². The molecule has 20 heavy (non-hydrogen) atoms. The number of hydrogen-bond donors (Lipinski definition) is 2. The largest absolute Gasteiger partial charge is 0.376 e. The number of hydrogen-bond acceptors (Lipinski definition) is 2. The molecular formula is C16H17FN2O. The summed E-state index contributed by atoms with van der Waals surface area (Å²) in [6, 6.07) is 12.4. The highest BCUT2D eigenvalue weighted by Crippen LogP contribution is 2.14. The molecular weight excluding hydrogens is 255 g/mol. The van der Waals surface area contributed by atoms with E-state index in [1.165, 1.54) is 6.07 Å². The van der Waals surface area contributed by atoms with Crippen molar-refractivity contribution in [1.82, 2.24) is 0 Å². The van der Waals surface area contributed by atoms with Crippen molar-refractivity contribution in [3.05, 3.63) is 59.4 Å². The molecule has 0 fully saturated rings. The Morgan fingerprint density at radius 2 is 1.85 bits per heavy atom. The lowest BCUT2D eigenvalue weighted by molar-refractivity contribution is -0.114. The van der Waals surface area contributed by atoms with Gasteiger partial charge in [0, 0.05) is 11.4 Å². The number of benzene rings is 2. The number of rotatable bonds is 4. The van der Waals surface area contributed by atoms with Crippen molar-refractivity contribution in [2.45, 2.75) is 13.8 Å². The van der Waals surface area contributed by atoms with Gasteiger partial charge in [-0.15, -0.1) is 0 Å². The third kappa shape index (κ3) is 3.57. The van der Waals surface area contributed by atoms with Crippen LogP contribution in [-0.2, 0) is 4.79 Å². The Bertz CT molecular complexity index is 626. The van der Waals surface area contributed by atoms with Crippen molar-refractivity contribution in [2.75, 3.05) is 17.2 Å². The van der Waals surface area contributed by atoms with Crippen LogP contribution in [0.25, 0.3) is 0 Å². The molecule has 0 spiro atoms.